The van der Waals surface area contributed by atoms with E-state index in [1.165, 1.54) is 0 Å². The van der Waals surface area contributed by atoms with Crippen LogP contribution < -0.4 is 10.5 Å². The van der Waals surface area contributed by atoms with Crippen molar-refractivity contribution >= 4 is 15.9 Å². The lowest BCUT2D eigenvalue weighted by Crippen LogP contribution is -2.34. The fraction of sp³-hybridized carbons (Fsp3) is 0.600. The second-order valence-electron chi connectivity index (χ2n) is 5.70. The molecule has 4 heteroatoms. The summed E-state index contributed by atoms with van der Waals surface area (Å²) in [6, 6.07) is 5.73. The zero-order valence-corrected chi connectivity index (χ0v) is 13.1. The summed E-state index contributed by atoms with van der Waals surface area (Å²) in [4.78, 5) is 0. The molecule has 0 heterocycles. The minimum atomic E-state index is -0.574. The van der Waals surface area contributed by atoms with Crippen LogP contribution in [0.5, 0.6) is 5.75 Å². The van der Waals surface area contributed by atoms with Gasteiger partial charge in [-0.3, -0.25) is 0 Å². The summed E-state index contributed by atoms with van der Waals surface area (Å²) < 4.78 is 6.32. The predicted octanol–water partition coefficient (Wildman–Crippen LogP) is 3.26. The Morgan fingerprint density at radius 3 is 2.84 bits per heavy atom. The van der Waals surface area contributed by atoms with Crippen LogP contribution in [0.2, 0.25) is 0 Å². The van der Waals surface area contributed by atoms with Crippen LogP contribution in [0, 0.1) is 11.3 Å². The van der Waals surface area contributed by atoms with Gasteiger partial charge in [0.15, 0.2) is 0 Å². The van der Waals surface area contributed by atoms with Crippen molar-refractivity contribution in [1.82, 2.24) is 0 Å². The standard InChI is InChI=1S/C15H22BrNO2/c1-10-5-6-15(8-10,9-17)14(18)12-7-11(16)3-4-13(12)19-2/h3-4,7,10,14,18H,5-6,8-9,17H2,1-2H3. The summed E-state index contributed by atoms with van der Waals surface area (Å²) in [7, 11) is 1.63. The summed E-state index contributed by atoms with van der Waals surface area (Å²) in [5, 5.41) is 10.8. The Hall–Kier alpha value is -0.580. The minimum Gasteiger partial charge on any atom is -0.496 e. The molecule has 0 amide bonds. The molecule has 1 saturated carbocycles. The Kier molecular flexibility index (Phi) is 4.54. The van der Waals surface area contributed by atoms with Crippen LogP contribution in [0.3, 0.4) is 0 Å². The third-order valence-corrected chi connectivity index (χ3v) is 4.86. The highest BCUT2D eigenvalue weighted by atomic mass is 79.9. The molecule has 3 N–H and O–H groups in total. The van der Waals surface area contributed by atoms with Crippen LogP contribution in [0.1, 0.15) is 37.9 Å². The Labute approximate surface area is 123 Å². The van der Waals surface area contributed by atoms with Gasteiger partial charge in [0.25, 0.3) is 0 Å². The van der Waals surface area contributed by atoms with Gasteiger partial charge in [-0.25, -0.2) is 0 Å². The fourth-order valence-electron chi connectivity index (χ4n) is 3.23. The number of hydrogen-bond donors (Lipinski definition) is 2. The van der Waals surface area contributed by atoms with Crippen molar-refractivity contribution in [2.24, 2.45) is 17.1 Å². The molecule has 0 aromatic heterocycles. The van der Waals surface area contributed by atoms with Crippen LogP contribution in [0.15, 0.2) is 22.7 Å². The first-order valence-corrected chi connectivity index (χ1v) is 7.53. The molecule has 1 aromatic rings. The van der Waals surface area contributed by atoms with Gasteiger partial charge in [-0.1, -0.05) is 29.3 Å². The average molecular weight is 328 g/mol. The van der Waals surface area contributed by atoms with E-state index >= 15 is 0 Å². The largest absolute Gasteiger partial charge is 0.496 e. The Balaban J connectivity index is 2.37. The molecule has 106 valence electrons. The van der Waals surface area contributed by atoms with E-state index in [-0.39, 0.29) is 5.41 Å². The van der Waals surface area contributed by atoms with Gasteiger partial charge < -0.3 is 15.6 Å². The van der Waals surface area contributed by atoms with E-state index in [4.69, 9.17) is 10.5 Å². The highest BCUT2D eigenvalue weighted by Crippen LogP contribution is 2.50. The van der Waals surface area contributed by atoms with Crippen LogP contribution in [0.25, 0.3) is 0 Å². The smallest absolute Gasteiger partial charge is 0.124 e. The van der Waals surface area contributed by atoms with Gasteiger partial charge in [0.05, 0.1) is 13.2 Å². The molecule has 3 atom stereocenters. The zero-order valence-electron chi connectivity index (χ0n) is 11.5. The number of nitrogens with two attached hydrogens (primary N) is 1. The molecule has 0 spiro atoms. The average Bonchev–Trinajstić information content (AvgIpc) is 2.80. The SMILES string of the molecule is COc1ccc(Br)cc1C(O)C1(CN)CCC(C)C1. The summed E-state index contributed by atoms with van der Waals surface area (Å²) in [5.41, 5.74) is 6.60. The van der Waals surface area contributed by atoms with Crippen molar-refractivity contribution in [2.75, 3.05) is 13.7 Å². The Morgan fingerprint density at radius 1 is 1.58 bits per heavy atom. The number of aliphatic hydroxyl groups is 1. The molecule has 3 unspecified atom stereocenters. The maximum absolute atomic E-state index is 10.8. The molecule has 1 aliphatic rings. The van der Waals surface area contributed by atoms with Gasteiger partial charge in [0, 0.05) is 22.0 Å². The van der Waals surface area contributed by atoms with Gasteiger partial charge in [-0.05, 0) is 37.0 Å². The van der Waals surface area contributed by atoms with Crippen molar-refractivity contribution in [3.63, 3.8) is 0 Å². The first-order valence-electron chi connectivity index (χ1n) is 6.74. The highest BCUT2D eigenvalue weighted by molar-refractivity contribution is 9.10. The monoisotopic (exact) mass is 327 g/mol. The summed E-state index contributed by atoms with van der Waals surface area (Å²) in [5.74, 6) is 1.35. The maximum atomic E-state index is 10.8. The number of methoxy groups -OCH3 is 1. The molecule has 3 nitrogen and oxygen atoms in total. The third-order valence-electron chi connectivity index (χ3n) is 4.36. The van der Waals surface area contributed by atoms with Crippen molar-refractivity contribution in [1.29, 1.82) is 0 Å². The van der Waals surface area contributed by atoms with Crippen LogP contribution in [0.4, 0.5) is 0 Å². The van der Waals surface area contributed by atoms with E-state index < -0.39 is 6.10 Å². The molecule has 0 aliphatic heterocycles. The lowest BCUT2D eigenvalue weighted by molar-refractivity contribution is 0.0289. The lowest BCUT2D eigenvalue weighted by atomic mass is 9.76. The number of benzene rings is 1. The van der Waals surface area contributed by atoms with E-state index in [0.29, 0.717) is 12.5 Å². The normalized spacial score (nSPS) is 28.4. The fourth-order valence-corrected chi connectivity index (χ4v) is 3.60. The Bertz CT molecular complexity index is 452. The van der Waals surface area contributed by atoms with Gasteiger partial charge in [0.1, 0.15) is 5.75 Å². The minimum absolute atomic E-state index is 0.215. The molecule has 1 fully saturated rings. The number of hydrogen-bond acceptors (Lipinski definition) is 3. The molecule has 1 aliphatic carbocycles. The zero-order chi connectivity index (χ0) is 14.0. The van der Waals surface area contributed by atoms with Crippen molar-refractivity contribution in [2.45, 2.75) is 32.3 Å². The van der Waals surface area contributed by atoms with Gasteiger partial charge >= 0.3 is 0 Å². The second kappa shape index (κ2) is 5.81. The van der Waals surface area contributed by atoms with Crippen molar-refractivity contribution in [3.8, 4) is 5.75 Å². The van der Waals surface area contributed by atoms with Gasteiger partial charge in [-0.15, -0.1) is 0 Å². The summed E-state index contributed by atoms with van der Waals surface area (Å²) in [6.07, 6.45) is 2.50. The number of aliphatic hydroxyl groups excluding tert-OH is 1. The van der Waals surface area contributed by atoms with Gasteiger partial charge in [-0.2, -0.15) is 0 Å². The second-order valence-corrected chi connectivity index (χ2v) is 6.62. The first-order chi connectivity index (χ1) is 9.02. The van der Waals surface area contributed by atoms with Crippen molar-refractivity contribution in [3.05, 3.63) is 28.2 Å². The number of halogens is 1. The molecular weight excluding hydrogens is 306 g/mol. The highest BCUT2D eigenvalue weighted by Gasteiger charge is 2.43. The topological polar surface area (TPSA) is 55.5 Å². The van der Waals surface area contributed by atoms with E-state index in [1.54, 1.807) is 7.11 Å². The molecule has 0 bridgehead atoms. The Morgan fingerprint density at radius 2 is 2.32 bits per heavy atom. The van der Waals surface area contributed by atoms with E-state index in [1.807, 2.05) is 18.2 Å². The molecule has 0 saturated heterocycles. The maximum Gasteiger partial charge on any atom is 0.124 e. The van der Waals surface area contributed by atoms with Crippen molar-refractivity contribution < 1.29 is 9.84 Å². The molecule has 1 aromatic carbocycles. The summed E-state index contributed by atoms with van der Waals surface area (Å²) in [6.45, 7) is 2.73. The quantitative estimate of drug-likeness (QED) is 0.892. The molecule has 0 radical (unpaired) electrons. The van der Waals surface area contributed by atoms with E-state index in [2.05, 4.69) is 22.9 Å². The molecule has 2 rings (SSSR count). The predicted molar refractivity (Wildman–Crippen MR) is 80.2 cm³/mol. The number of rotatable bonds is 4. The van der Waals surface area contributed by atoms with E-state index in [9.17, 15) is 5.11 Å². The first kappa shape index (κ1) is 14.8. The van der Waals surface area contributed by atoms with Crippen LogP contribution >= 0.6 is 15.9 Å². The van der Waals surface area contributed by atoms with Crippen LogP contribution in [-0.2, 0) is 0 Å². The third kappa shape index (κ3) is 2.81. The van der Waals surface area contributed by atoms with Gasteiger partial charge in [0.2, 0.25) is 0 Å². The molecule has 19 heavy (non-hydrogen) atoms. The number of ether oxygens (including phenoxy) is 1. The van der Waals surface area contributed by atoms with Crippen LogP contribution in [-0.4, -0.2) is 18.8 Å². The van der Waals surface area contributed by atoms with E-state index in [0.717, 1.165) is 35.0 Å². The molecular formula is C15H22BrNO2. The lowest BCUT2D eigenvalue weighted by Gasteiger charge is -2.34. The summed E-state index contributed by atoms with van der Waals surface area (Å²) >= 11 is 3.46.